The summed E-state index contributed by atoms with van der Waals surface area (Å²) in [6.07, 6.45) is 8.02. The van der Waals surface area contributed by atoms with E-state index in [-0.39, 0.29) is 11.8 Å². The van der Waals surface area contributed by atoms with Gasteiger partial charge in [-0.05, 0) is 166 Å². The molecule has 1 aliphatic heterocycles. The maximum Gasteiger partial charge on any atom is 0.251 e. The molecule has 3 N–H and O–H groups in total. The number of morpholine rings is 1. The van der Waals surface area contributed by atoms with Gasteiger partial charge in [0.05, 0.1) is 50.8 Å². The van der Waals surface area contributed by atoms with E-state index in [0.717, 1.165) is 184 Å². The zero-order valence-electron chi connectivity index (χ0n) is 68.0. The summed E-state index contributed by atoms with van der Waals surface area (Å²) in [5.41, 5.74) is 24.7. The van der Waals surface area contributed by atoms with Crippen LogP contribution in [-0.2, 0) is 76.1 Å². The number of aromatic amines is 1. The Morgan fingerprint density at radius 2 is 0.840 bits per heavy atom. The Kier molecular flexibility index (Phi) is 25.2. The third kappa shape index (κ3) is 18.9. The standard InChI is InChI=1S/C35H32N4OS.C34H37N5O2S.C28H25N7S/c1-3-32-38-33-24(2)18-19-36-34(33)39(32)23-26-14-16-27(17-15-26)30-21-29(20-25-10-6-4-7-11-25)41-31(30)22-37-35(40)28-12-8-5-9-13-28;1-4-31-37-32-23(2)18-24(3)36-33(32)39(31)21-25-10-12-26(13-11-25)29-19-28(22-38-14-16-41-17-15-38)42-30(29)20-35-34(40)27-8-6-5-7-9-27;1-3-24-30-25-18(2)13-14-29-28(25)35(24)17-20-9-11-21(12-10-20)23-16-22(15-19-7-5-4-6-8-19)36-26(23)27-31-33-34-32-27/h4-19,21H,3,20,22-23H2,1-2H3,(H,37,40);5-13,18-19H,4,14-17,20-22H2,1-3H3,(H,35,40);4-14,16H,3,15,17H2,1-2H3,(H,31,32,33,34). The Morgan fingerprint density at radius 3 is 1.29 bits per heavy atom. The van der Waals surface area contributed by atoms with Crippen molar-refractivity contribution in [3.8, 4) is 44.1 Å². The van der Waals surface area contributed by atoms with E-state index < -0.39 is 0 Å². The van der Waals surface area contributed by atoms with Crippen LogP contribution in [0.25, 0.3) is 77.6 Å². The van der Waals surface area contributed by atoms with Crippen molar-refractivity contribution in [2.24, 2.45) is 0 Å². The van der Waals surface area contributed by atoms with Gasteiger partial charge in [0.25, 0.3) is 11.8 Å². The van der Waals surface area contributed by atoms with Crippen molar-refractivity contribution in [1.29, 1.82) is 0 Å². The summed E-state index contributed by atoms with van der Waals surface area (Å²) in [4.78, 5) is 64.0. The molecule has 598 valence electrons. The number of H-pyrrole nitrogens is 1. The molecule has 11 heterocycles. The molecule has 1 fully saturated rings. The molecule has 18 rings (SSSR count). The number of carbonyl (C=O) groups is 2. The van der Waals surface area contributed by atoms with E-state index in [9.17, 15) is 9.59 Å². The first-order valence-corrected chi connectivity index (χ1v) is 43.1. The zero-order valence-corrected chi connectivity index (χ0v) is 70.4. The van der Waals surface area contributed by atoms with Gasteiger partial charge in [-0.3, -0.25) is 14.5 Å². The molecule has 22 heteroatoms. The van der Waals surface area contributed by atoms with E-state index in [1.165, 1.54) is 64.0 Å². The summed E-state index contributed by atoms with van der Waals surface area (Å²) < 4.78 is 12.2. The third-order valence-electron chi connectivity index (χ3n) is 21.6. The molecule has 1 aliphatic rings. The minimum atomic E-state index is -0.0620. The molecule has 0 atom stereocenters. The fourth-order valence-corrected chi connectivity index (χ4v) is 18.8. The fraction of sp³-hybridized carbons (Fsp3) is 0.227. The van der Waals surface area contributed by atoms with E-state index in [2.05, 4.69) is 247 Å². The van der Waals surface area contributed by atoms with E-state index in [1.807, 2.05) is 104 Å². The molecular formula is C97H94N16O3S3. The molecule has 0 bridgehead atoms. The maximum absolute atomic E-state index is 12.8. The largest absolute Gasteiger partial charge is 0.379 e. The highest BCUT2D eigenvalue weighted by Gasteiger charge is 2.23. The number of nitrogens with zero attached hydrogens (tertiary/aromatic N) is 13. The summed E-state index contributed by atoms with van der Waals surface area (Å²) in [5, 5.41) is 21.2. The summed E-state index contributed by atoms with van der Waals surface area (Å²) in [6, 6.07) is 79.1. The predicted molar refractivity (Wildman–Crippen MR) is 479 cm³/mol. The van der Waals surface area contributed by atoms with Crippen LogP contribution in [0.4, 0.5) is 0 Å². The highest BCUT2D eigenvalue weighted by molar-refractivity contribution is 7.16. The number of amides is 2. The summed E-state index contributed by atoms with van der Waals surface area (Å²) in [7, 11) is 0. The average Bonchev–Trinajstić information content (AvgIpc) is 1.63. The van der Waals surface area contributed by atoms with Crippen molar-refractivity contribution in [2.75, 3.05) is 26.3 Å². The highest BCUT2D eigenvalue weighted by atomic mass is 32.1. The lowest BCUT2D eigenvalue weighted by Crippen LogP contribution is -2.35. The Labute approximate surface area is 705 Å². The summed E-state index contributed by atoms with van der Waals surface area (Å²) in [5.74, 6) is 3.66. The van der Waals surface area contributed by atoms with Gasteiger partial charge in [0.1, 0.15) is 34.0 Å². The summed E-state index contributed by atoms with van der Waals surface area (Å²) >= 11 is 5.27. The number of pyridine rings is 3. The Morgan fingerprint density at radius 1 is 0.429 bits per heavy atom. The number of benzene rings is 7. The first kappa shape index (κ1) is 80.2. The molecular weight excluding hydrogens is 1530 g/mol. The smallest absolute Gasteiger partial charge is 0.251 e. The van der Waals surface area contributed by atoms with Crippen LogP contribution in [0.1, 0.15) is 134 Å². The molecule has 10 aromatic heterocycles. The minimum absolute atomic E-state index is 0.0570. The van der Waals surface area contributed by atoms with Crippen LogP contribution < -0.4 is 10.6 Å². The van der Waals surface area contributed by atoms with Crippen LogP contribution in [-0.4, -0.2) is 107 Å². The van der Waals surface area contributed by atoms with Gasteiger partial charge in [-0.25, -0.2) is 29.9 Å². The van der Waals surface area contributed by atoms with Gasteiger partial charge < -0.3 is 29.1 Å². The molecule has 7 aromatic carbocycles. The number of imidazole rings is 3. The van der Waals surface area contributed by atoms with Crippen molar-refractivity contribution in [1.82, 2.24) is 79.8 Å². The fourth-order valence-electron chi connectivity index (χ4n) is 15.4. The van der Waals surface area contributed by atoms with Crippen molar-refractivity contribution in [3.05, 3.63) is 346 Å². The van der Waals surface area contributed by atoms with E-state index in [4.69, 9.17) is 24.7 Å². The average molecular weight is 1630 g/mol. The third-order valence-corrected chi connectivity index (χ3v) is 25.0. The number of aryl methyl sites for hydroxylation is 7. The van der Waals surface area contributed by atoms with Crippen LogP contribution >= 0.6 is 34.0 Å². The predicted octanol–water partition coefficient (Wildman–Crippen LogP) is 19.6. The van der Waals surface area contributed by atoms with Crippen LogP contribution in [0.3, 0.4) is 0 Å². The quantitative estimate of drug-likeness (QED) is 0.0486. The SMILES string of the molecule is CCc1nc2c(C)cc(C)nc2n1Cc1ccc(-c2cc(CN3CCOCC3)sc2CNC(=O)c2ccccc2)cc1.CCc1nc2c(C)ccnc2n1Cc1ccc(-c2cc(Cc3ccccc3)sc2-c2nn[nH]n2)cc1.CCc1nc2c(C)ccnc2n1Cc1ccc(-c2cc(Cc3ccccc3)sc2CNC(=O)c2ccccc2)cc1. The van der Waals surface area contributed by atoms with Gasteiger partial charge in [-0.2, -0.15) is 5.21 Å². The first-order chi connectivity index (χ1) is 58.3. The number of hydrogen-bond donors (Lipinski definition) is 3. The maximum atomic E-state index is 12.8. The molecule has 0 spiro atoms. The first-order valence-electron chi connectivity index (χ1n) is 40.6. The molecule has 0 aliphatic carbocycles. The number of nitrogens with one attached hydrogen (secondary N) is 3. The number of thiophene rings is 3. The molecule has 19 nitrogen and oxygen atoms in total. The van der Waals surface area contributed by atoms with Gasteiger partial charge >= 0.3 is 0 Å². The molecule has 2 amide bonds. The minimum Gasteiger partial charge on any atom is -0.379 e. The lowest BCUT2D eigenvalue weighted by Gasteiger charge is -2.25. The van der Waals surface area contributed by atoms with Crippen LogP contribution in [0, 0.1) is 27.7 Å². The normalized spacial score (nSPS) is 12.2. The lowest BCUT2D eigenvalue weighted by molar-refractivity contribution is 0.0346. The topological polar surface area (TPSA) is 217 Å². The van der Waals surface area contributed by atoms with Gasteiger partial charge in [0.2, 0.25) is 5.82 Å². The Balaban J connectivity index is 0.000000134. The van der Waals surface area contributed by atoms with Gasteiger partial charge in [-0.1, -0.05) is 191 Å². The van der Waals surface area contributed by atoms with Crippen molar-refractivity contribution >= 4 is 79.3 Å². The van der Waals surface area contributed by atoms with Crippen molar-refractivity contribution < 1.29 is 14.3 Å². The molecule has 1 saturated heterocycles. The van der Waals surface area contributed by atoms with E-state index in [0.29, 0.717) is 30.0 Å². The highest BCUT2D eigenvalue weighted by Crippen LogP contribution is 2.40. The van der Waals surface area contributed by atoms with Crippen LogP contribution in [0.15, 0.2) is 243 Å². The second-order valence-electron chi connectivity index (χ2n) is 29.9. The van der Waals surface area contributed by atoms with Crippen LogP contribution in [0.2, 0.25) is 0 Å². The Bertz CT molecular complexity index is 6310. The number of hydrogen-bond acceptors (Lipinski definition) is 16. The van der Waals surface area contributed by atoms with Crippen LogP contribution in [0.5, 0.6) is 0 Å². The number of ether oxygens (including phenoxy) is 1. The molecule has 0 saturated carbocycles. The monoisotopic (exact) mass is 1630 g/mol. The molecule has 0 unspecified atom stereocenters. The Hall–Kier alpha value is -12.6. The zero-order chi connectivity index (χ0) is 81.7. The number of aromatic nitrogens is 13. The van der Waals surface area contributed by atoms with Crippen molar-refractivity contribution in [2.45, 2.75) is 120 Å². The lowest BCUT2D eigenvalue weighted by atomic mass is 10.0. The second kappa shape index (κ2) is 37.4. The van der Waals surface area contributed by atoms with Gasteiger partial charge in [0, 0.05) is 111 Å². The number of rotatable bonds is 25. The molecule has 17 aromatic rings. The second-order valence-corrected chi connectivity index (χ2v) is 33.5. The van der Waals surface area contributed by atoms with E-state index >= 15 is 0 Å². The molecule has 0 radical (unpaired) electrons. The van der Waals surface area contributed by atoms with Gasteiger partial charge in [0.15, 0.2) is 16.9 Å². The number of fused-ring (bicyclic) bond motifs is 3. The van der Waals surface area contributed by atoms with Crippen molar-refractivity contribution in [3.63, 3.8) is 0 Å². The van der Waals surface area contributed by atoms with E-state index in [1.54, 1.807) is 34.0 Å². The number of tetrazole rings is 1. The number of carbonyl (C=O) groups excluding carboxylic acids is 2. The molecule has 119 heavy (non-hydrogen) atoms. The van der Waals surface area contributed by atoms with Gasteiger partial charge in [-0.15, -0.1) is 44.2 Å². The summed E-state index contributed by atoms with van der Waals surface area (Å²) in [6.45, 7) is 22.2.